The van der Waals surface area contributed by atoms with E-state index in [-0.39, 0.29) is 0 Å². The van der Waals surface area contributed by atoms with Crippen LogP contribution < -0.4 is 0 Å². The van der Waals surface area contributed by atoms with Gasteiger partial charge in [-0.2, -0.15) is 0 Å². The van der Waals surface area contributed by atoms with E-state index in [0.717, 1.165) is 28.9 Å². The first-order valence-electron chi connectivity index (χ1n) is 5.46. The van der Waals surface area contributed by atoms with Crippen LogP contribution in [0.1, 0.15) is 0 Å². The number of fused-ring (bicyclic) bond motifs is 3. The lowest BCUT2D eigenvalue weighted by Crippen LogP contribution is -1.84. The Hall–Kier alpha value is -2.27. The van der Waals surface area contributed by atoms with Crippen molar-refractivity contribution < 1.29 is 4.92 Å². The molecule has 0 saturated heterocycles. The summed E-state index contributed by atoms with van der Waals surface area (Å²) in [6.07, 6.45) is 1.77. The van der Waals surface area contributed by atoms with Crippen molar-refractivity contribution >= 4 is 33.4 Å². The van der Waals surface area contributed by atoms with Crippen LogP contribution in [-0.4, -0.2) is 21.9 Å². The first kappa shape index (κ1) is 13.2. The van der Waals surface area contributed by atoms with Gasteiger partial charge in [-0.05, 0) is 18.2 Å². The molecule has 0 saturated carbocycles. The number of rotatable bonds is 0. The largest absolute Gasteiger partial charge is 0.265 e. The second-order valence-electron chi connectivity index (χ2n) is 3.79. The van der Waals surface area contributed by atoms with Crippen molar-refractivity contribution in [3.05, 3.63) is 57.9 Å². The van der Waals surface area contributed by atoms with Gasteiger partial charge in [0.1, 0.15) is 5.15 Å². The molecule has 1 aromatic carbocycles. The highest BCUT2D eigenvalue weighted by Crippen LogP contribution is 2.22. The minimum atomic E-state index is -0.500. The number of hydrogen-bond acceptors (Lipinski definition) is 4. The monoisotopic (exact) mass is 275 g/mol. The summed E-state index contributed by atoms with van der Waals surface area (Å²) in [5.74, 6) is 0. The molecule has 0 bridgehead atoms. The average Bonchev–Trinajstić information content (AvgIpc) is 2.38. The maximum absolute atomic E-state index is 8.81. The Labute approximate surface area is 114 Å². The number of nitrogens with zero attached hydrogens (tertiary/aromatic N) is 3. The second kappa shape index (κ2) is 5.58. The smallest absolute Gasteiger partial charge is 0.194 e. The molecule has 6 heteroatoms. The van der Waals surface area contributed by atoms with Gasteiger partial charge in [-0.1, -0.05) is 29.8 Å². The number of nitro groups is 1. The Kier molecular flexibility index (Phi) is 3.87. The number of hydrogen-bond donors (Lipinski definition) is 0. The molecule has 0 aliphatic carbocycles. The van der Waals surface area contributed by atoms with E-state index in [1.165, 1.54) is 0 Å². The van der Waals surface area contributed by atoms with Gasteiger partial charge in [0.15, 0.2) is 7.05 Å². The highest BCUT2D eigenvalue weighted by atomic mass is 35.5. The average molecular weight is 276 g/mol. The van der Waals surface area contributed by atoms with E-state index in [9.17, 15) is 0 Å². The van der Waals surface area contributed by atoms with Gasteiger partial charge in [-0.3, -0.25) is 15.1 Å². The maximum Gasteiger partial charge on any atom is 0.194 e. The number of aromatic nitrogens is 2. The molecule has 2 heterocycles. The van der Waals surface area contributed by atoms with Crippen molar-refractivity contribution in [2.75, 3.05) is 7.05 Å². The van der Waals surface area contributed by atoms with Crippen molar-refractivity contribution in [2.24, 2.45) is 0 Å². The summed E-state index contributed by atoms with van der Waals surface area (Å²) in [5, 5.41) is 11.5. The molecule has 0 N–H and O–H groups in total. The zero-order chi connectivity index (χ0) is 13.8. The molecule has 0 unspecified atom stereocenters. The highest BCUT2D eigenvalue weighted by Gasteiger charge is 2.02. The van der Waals surface area contributed by atoms with Crippen LogP contribution in [-0.2, 0) is 0 Å². The van der Waals surface area contributed by atoms with Crippen molar-refractivity contribution in [1.29, 1.82) is 0 Å². The lowest BCUT2D eigenvalue weighted by atomic mass is 10.1. The summed E-state index contributed by atoms with van der Waals surface area (Å²) in [5.41, 5.74) is 1.76. The lowest BCUT2D eigenvalue weighted by molar-refractivity contribution is -0.445. The molecule has 0 atom stereocenters. The van der Waals surface area contributed by atoms with Crippen molar-refractivity contribution in [3.63, 3.8) is 0 Å². The third kappa shape index (κ3) is 3.14. The van der Waals surface area contributed by atoms with Gasteiger partial charge in [0, 0.05) is 21.9 Å². The fraction of sp³-hybridized carbons (Fsp3) is 0.0769. The van der Waals surface area contributed by atoms with Crippen LogP contribution in [0.25, 0.3) is 21.8 Å². The predicted octanol–water partition coefficient (Wildman–Crippen LogP) is 3.33. The number of benzene rings is 1. The minimum Gasteiger partial charge on any atom is -0.265 e. The Bertz CT molecular complexity index is 742. The third-order valence-corrected chi connectivity index (χ3v) is 2.61. The first-order chi connectivity index (χ1) is 9.08. The SMILES string of the molecule is C[N+](=O)[O-].Clc1ccc2ccc3cccnc3c2n1. The molecule has 0 fully saturated rings. The van der Waals surface area contributed by atoms with Crippen molar-refractivity contribution in [3.8, 4) is 0 Å². The molecule has 0 aliphatic rings. The summed E-state index contributed by atoms with van der Waals surface area (Å²) >= 11 is 5.88. The van der Waals surface area contributed by atoms with Crippen LogP contribution in [0.3, 0.4) is 0 Å². The quantitative estimate of drug-likeness (QED) is 0.273. The van der Waals surface area contributed by atoms with Crippen LogP contribution in [0.5, 0.6) is 0 Å². The normalized spacial score (nSPS) is 10.0. The van der Waals surface area contributed by atoms with E-state index in [2.05, 4.69) is 9.97 Å². The van der Waals surface area contributed by atoms with Crippen molar-refractivity contribution in [1.82, 2.24) is 9.97 Å². The molecule has 3 aromatic rings. The van der Waals surface area contributed by atoms with Gasteiger partial charge in [0.05, 0.1) is 11.0 Å². The van der Waals surface area contributed by atoms with E-state index in [0.29, 0.717) is 5.15 Å². The van der Waals surface area contributed by atoms with Crippen LogP contribution in [0.4, 0.5) is 0 Å². The Balaban J connectivity index is 0.000000297. The van der Waals surface area contributed by atoms with Gasteiger partial charge in [-0.25, -0.2) is 4.98 Å². The third-order valence-electron chi connectivity index (χ3n) is 2.40. The molecule has 0 amide bonds. The predicted molar refractivity (Wildman–Crippen MR) is 75.0 cm³/mol. The summed E-state index contributed by atoms with van der Waals surface area (Å²) in [6.45, 7) is 0. The van der Waals surface area contributed by atoms with Gasteiger partial charge in [0.2, 0.25) is 0 Å². The summed E-state index contributed by atoms with van der Waals surface area (Å²) < 4.78 is 0. The lowest BCUT2D eigenvalue weighted by Gasteiger charge is -2.01. The topological polar surface area (TPSA) is 68.9 Å². The molecule has 0 aliphatic heterocycles. The van der Waals surface area contributed by atoms with Crippen LogP contribution in [0, 0.1) is 10.1 Å². The molecule has 5 nitrogen and oxygen atoms in total. The Morgan fingerprint density at radius 3 is 2.37 bits per heavy atom. The molecule has 96 valence electrons. The first-order valence-corrected chi connectivity index (χ1v) is 5.84. The maximum atomic E-state index is 8.81. The molecular weight excluding hydrogens is 266 g/mol. The standard InChI is InChI=1S/C12H7ClN2.CH3NO2/c13-10-6-5-9-4-3-8-2-1-7-14-11(8)12(9)15-10;1-2(3)4/h1-7H;1H3. The van der Waals surface area contributed by atoms with Crippen LogP contribution in [0.15, 0.2) is 42.6 Å². The Morgan fingerprint density at radius 2 is 1.68 bits per heavy atom. The van der Waals surface area contributed by atoms with Gasteiger partial charge >= 0.3 is 0 Å². The van der Waals surface area contributed by atoms with E-state index in [4.69, 9.17) is 21.7 Å². The molecular formula is C13H10ClN3O2. The molecule has 19 heavy (non-hydrogen) atoms. The van der Waals surface area contributed by atoms with E-state index >= 15 is 0 Å². The molecule has 2 aromatic heterocycles. The van der Waals surface area contributed by atoms with Crippen molar-refractivity contribution in [2.45, 2.75) is 0 Å². The fourth-order valence-corrected chi connectivity index (χ4v) is 1.85. The number of pyridine rings is 2. The molecule has 3 rings (SSSR count). The minimum absolute atomic E-state index is 0.500. The Morgan fingerprint density at radius 1 is 1.11 bits per heavy atom. The fourth-order valence-electron chi connectivity index (χ4n) is 1.70. The van der Waals surface area contributed by atoms with Gasteiger partial charge in [-0.15, -0.1) is 0 Å². The highest BCUT2D eigenvalue weighted by molar-refractivity contribution is 6.30. The van der Waals surface area contributed by atoms with E-state index < -0.39 is 4.92 Å². The zero-order valence-corrected chi connectivity index (χ0v) is 10.8. The summed E-state index contributed by atoms with van der Waals surface area (Å²) in [7, 11) is 0.889. The second-order valence-corrected chi connectivity index (χ2v) is 4.17. The van der Waals surface area contributed by atoms with E-state index in [1.807, 2.05) is 30.3 Å². The van der Waals surface area contributed by atoms with Crippen LogP contribution in [0.2, 0.25) is 5.15 Å². The van der Waals surface area contributed by atoms with E-state index in [1.54, 1.807) is 12.3 Å². The molecule has 0 radical (unpaired) electrons. The summed E-state index contributed by atoms with van der Waals surface area (Å²) in [4.78, 5) is 16.9. The molecule has 0 spiro atoms. The van der Waals surface area contributed by atoms with Gasteiger partial charge < -0.3 is 0 Å². The van der Waals surface area contributed by atoms with Crippen LogP contribution >= 0.6 is 11.6 Å². The zero-order valence-electron chi connectivity index (χ0n) is 10.1. The summed E-state index contributed by atoms with van der Waals surface area (Å²) in [6, 6.07) is 11.8. The number of halogens is 1. The van der Waals surface area contributed by atoms with Gasteiger partial charge in [0.25, 0.3) is 0 Å².